The van der Waals surface area contributed by atoms with Gasteiger partial charge in [-0.2, -0.15) is 0 Å². The molecular weight excluding hydrogens is 298 g/mol. The van der Waals surface area contributed by atoms with E-state index >= 15 is 0 Å². The van der Waals surface area contributed by atoms with Crippen LogP contribution >= 0.6 is 11.8 Å². The molecule has 0 spiro atoms. The molecule has 1 unspecified atom stereocenters. The summed E-state index contributed by atoms with van der Waals surface area (Å²) in [6.07, 6.45) is 0.817. The molecule has 0 saturated heterocycles. The van der Waals surface area contributed by atoms with Gasteiger partial charge in [0.05, 0.1) is 11.8 Å². The number of carboxylic acids is 1. The summed E-state index contributed by atoms with van der Waals surface area (Å²) in [5, 5.41) is 18.0. The number of hydrogen-bond donors (Lipinski definition) is 1. The van der Waals surface area contributed by atoms with Crippen LogP contribution in [0.1, 0.15) is 38.2 Å². The second kappa shape index (κ2) is 7.45. The molecule has 6 heteroatoms. The summed E-state index contributed by atoms with van der Waals surface area (Å²) in [5.41, 5.74) is 1.16. The van der Waals surface area contributed by atoms with E-state index in [-0.39, 0.29) is 11.8 Å². The van der Waals surface area contributed by atoms with Gasteiger partial charge in [0.15, 0.2) is 5.16 Å². The second-order valence-corrected chi connectivity index (χ2v) is 6.58. The molecule has 0 saturated carbocycles. The first-order valence-electron chi connectivity index (χ1n) is 7.32. The van der Waals surface area contributed by atoms with Crippen molar-refractivity contribution in [3.05, 3.63) is 41.7 Å². The first-order chi connectivity index (χ1) is 10.5. The van der Waals surface area contributed by atoms with E-state index in [0.29, 0.717) is 11.1 Å². The fourth-order valence-electron chi connectivity index (χ4n) is 2.31. The highest BCUT2D eigenvalue weighted by molar-refractivity contribution is 7.99. The second-order valence-electron chi connectivity index (χ2n) is 5.64. The Hall–Kier alpha value is -1.82. The molecule has 0 aliphatic carbocycles. The van der Waals surface area contributed by atoms with E-state index < -0.39 is 5.97 Å². The Morgan fingerprint density at radius 2 is 1.91 bits per heavy atom. The van der Waals surface area contributed by atoms with Crippen molar-refractivity contribution in [2.24, 2.45) is 5.92 Å². The molecular formula is C16H21N3O2S. The Kier molecular flexibility index (Phi) is 5.60. The van der Waals surface area contributed by atoms with Crippen molar-refractivity contribution in [3.63, 3.8) is 0 Å². The molecule has 5 nitrogen and oxygen atoms in total. The molecule has 0 amide bonds. The lowest BCUT2D eigenvalue weighted by Gasteiger charge is -2.19. The van der Waals surface area contributed by atoms with Gasteiger partial charge in [-0.25, -0.2) is 0 Å². The van der Waals surface area contributed by atoms with E-state index in [2.05, 4.69) is 47.7 Å². The molecule has 0 radical (unpaired) electrons. The van der Waals surface area contributed by atoms with Crippen molar-refractivity contribution >= 4 is 17.7 Å². The van der Waals surface area contributed by atoms with Gasteiger partial charge in [-0.15, -0.1) is 10.2 Å². The highest BCUT2D eigenvalue weighted by Gasteiger charge is 2.20. The van der Waals surface area contributed by atoms with Crippen LogP contribution in [-0.2, 0) is 11.2 Å². The van der Waals surface area contributed by atoms with Crippen LogP contribution in [0, 0.1) is 5.92 Å². The van der Waals surface area contributed by atoms with Crippen LogP contribution in [-0.4, -0.2) is 31.6 Å². The summed E-state index contributed by atoms with van der Waals surface area (Å²) in [7, 11) is 0. The Bertz CT molecular complexity index is 626. The van der Waals surface area contributed by atoms with Crippen LogP contribution in [0.25, 0.3) is 0 Å². The van der Waals surface area contributed by atoms with Crippen molar-refractivity contribution in [1.82, 2.24) is 14.8 Å². The van der Waals surface area contributed by atoms with Crippen LogP contribution in [0.4, 0.5) is 0 Å². The van der Waals surface area contributed by atoms with Crippen molar-refractivity contribution in [1.29, 1.82) is 0 Å². The molecule has 1 N–H and O–H groups in total. The van der Waals surface area contributed by atoms with Crippen molar-refractivity contribution in [2.75, 3.05) is 5.75 Å². The lowest BCUT2D eigenvalue weighted by atomic mass is 10.1. The predicted molar refractivity (Wildman–Crippen MR) is 87.2 cm³/mol. The largest absolute Gasteiger partial charge is 0.481 e. The molecule has 1 atom stereocenters. The van der Waals surface area contributed by atoms with Crippen molar-refractivity contribution < 1.29 is 9.90 Å². The Labute approximate surface area is 134 Å². The summed E-state index contributed by atoms with van der Waals surface area (Å²) in [6, 6.07) is 10.2. The summed E-state index contributed by atoms with van der Waals surface area (Å²) in [5.74, 6) is 0.501. The van der Waals surface area contributed by atoms with E-state index in [1.165, 1.54) is 11.8 Å². The first kappa shape index (κ1) is 16.5. The quantitative estimate of drug-likeness (QED) is 0.793. The van der Waals surface area contributed by atoms with Crippen molar-refractivity contribution in [3.8, 4) is 0 Å². The molecule has 1 aromatic carbocycles. The molecule has 1 heterocycles. The number of hydrogen-bond acceptors (Lipinski definition) is 4. The third-order valence-corrected chi connectivity index (χ3v) is 4.25. The maximum absolute atomic E-state index is 10.8. The van der Waals surface area contributed by atoms with Gasteiger partial charge in [0.2, 0.25) is 0 Å². The van der Waals surface area contributed by atoms with Crippen LogP contribution in [0.3, 0.4) is 0 Å². The van der Waals surface area contributed by atoms with Gasteiger partial charge in [0.25, 0.3) is 0 Å². The van der Waals surface area contributed by atoms with Crippen LogP contribution in [0.2, 0.25) is 0 Å². The normalized spacial score (nSPS) is 12.5. The van der Waals surface area contributed by atoms with Gasteiger partial charge in [0, 0.05) is 6.42 Å². The number of carbonyl (C=O) groups is 1. The summed E-state index contributed by atoms with van der Waals surface area (Å²) < 4.78 is 2.06. The summed E-state index contributed by atoms with van der Waals surface area (Å²) >= 11 is 1.22. The zero-order valence-corrected chi connectivity index (χ0v) is 13.9. The molecule has 0 aliphatic rings. The third kappa shape index (κ3) is 4.10. The van der Waals surface area contributed by atoms with E-state index in [1.54, 1.807) is 0 Å². The van der Waals surface area contributed by atoms with Gasteiger partial charge in [-0.3, -0.25) is 9.36 Å². The fourth-order valence-corrected chi connectivity index (χ4v) is 3.06. The van der Waals surface area contributed by atoms with E-state index in [9.17, 15) is 4.79 Å². The lowest BCUT2D eigenvalue weighted by molar-refractivity contribution is -0.133. The first-order valence-corrected chi connectivity index (χ1v) is 8.31. The van der Waals surface area contributed by atoms with E-state index in [1.807, 2.05) is 18.2 Å². The monoisotopic (exact) mass is 319 g/mol. The van der Waals surface area contributed by atoms with Crippen LogP contribution in [0.5, 0.6) is 0 Å². The molecule has 1 aromatic heterocycles. The van der Waals surface area contributed by atoms with E-state index in [4.69, 9.17) is 5.11 Å². The highest BCUT2D eigenvalue weighted by atomic mass is 32.2. The molecule has 2 aromatic rings. The summed E-state index contributed by atoms with van der Waals surface area (Å²) in [4.78, 5) is 10.8. The maximum atomic E-state index is 10.8. The smallest absolute Gasteiger partial charge is 0.313 e. The average Bonchev–Trinajstić information content (AvgIpc) is 2.87. The fraction of sp³-hybridized carbons (Fsp3) is 0.438. The lowest BCUT2D eigenvalue weighted by Crippen LogP contribution is -2.14. The number of benzene rings is 1. The molecule has 0 bridgehead atoms. The topological polar surface area (TPSA) is 68.0 Å². The number of nitrogens with zero attached hydrogens (tertiary/aromatic N) is 3. The SMILES string of the molecule is CC(C)Cc1nnc(SCC(=O)O)n1C(C)c1ccccc1. The third-order valence-electron chi connectivity index (χ3n) is 3.32. The minimum absolute atomic E-state index is 0.0126. The summed E-state index contributed by atoms with van der Waals surface area (Å²) in [6.45, 7) is 6.36. The minimum atomic E-state index is -0.850. The Balaban J connectivity index is 2.35. The Morgan fingerprint density at radius 3 is 2.50 bits per heavy atom. The highest BCUT2D eigenvalue weighted by Crippen LogP contribution is 2.27. The predicted octanol–water partition coefficient (Wildman–Crippen LogP) is 3.26. The van der Waals surface area contributed by atoms with Gasteiger partial charge < -0.3 is 5.11 Å². The van der Waals surface area contributed by atoms with E-state index in [0.717, 1.165) is 17.8 Å². The standard InChI is InChI=1S/C16H21N3O2S/c1-11(2)9-14-17-18-16(22-10-15(20)21)19(14)12(3)13-7-5-4-6-8-13/h4-8,11-12H,9-10H2,1-3H3,(H,20,21). The van der Waals surface area contributed by atoms with Gasteiger partial charge in [-0.05, 0) is 18.4 Å². The number of aliphatic carboxylic acids is 1. The van der Waals surface area contributed by atoms with Gasteiger partial charge in [0.1, 0.15) is 5.82 Å². The molecule has 0 fully saturated rings. The zero-order chi connectivity index (χ0) is 16.1. The number of aromatic nitrogens is 3. The van der Waals surface area contributed by atoms with Gasteiger partial charge in [-0.1, -0.05) is 55.9 Å². The van der Waals surface area contributed by atoms with Crippen LogP contribution < -0.4 is 0 Å². The van der Waals surface area contributed by atoms with Gasteiger partial charge >= 0.3 is 5.97 Å². The molecule has 22 heavy (non-hydrogen) atoms. The van der Waals surface area contributed by atoms with Crippen LogP contribution in [0.15, 0.2) is 35.5 Å². The molecule has 0 aliphatic heterocycles. The average molecular weight is 319 g/mol. The molecule has 2 rings (SSSR count). The molecule has 118 valence electrons. The maximum Gasteiger partial charge on any atom is 0.313 e. The number of rotatable bonds is 7. The number of carboxylic acid groups (broad SMARTS) is 1. The van der Waals surface area contributed by atoms with Crippen molar-refractivity contribution in [2.45, 2.75) is 38.4 Å². The number of thioether (sulfide) groups is 1. The minimum Gasteiger partial charge on any atom is -0.481 e. The zero-order valence-electron chi connectivity index (χ0n) is 13.1. The Morgan fingerprint density at radius 1 is 1.23 bits per heavy atom.